The summed E-state index contributed by atoms with van der Waals surface area (Å²) in [6, 6.07) is 6.36. The average Bonchev–Trinajstić information content (AvgIpc) is 3.08. The highest BCUT2D eigenvalue weighted by Crippen LogP contribution is 2.22. The van der Waals surface area contributed by atoms with E-state index in [2.05, 4.69) is 29.4 Å². The first-order valence-electron chi connectivity index (χ1n) is 6.85. The number of benzene rings is 1. The summed E-state index contributed by atoms with van der Waals surface area (Å²) in [6.07, 6.45) is 2.63. The Morgan fingerprint density at radius 1 is 1.38 bits per heavy atom. The third kappa shape index (κ3) is 4.48. The number of furan rings is 1. The first-order valence-corrected chi connectivity index (χ1v) is 8.29. The number of hydrogen-bond donors (Lipinski definition) is 2. The normalized spacial score (nSPS) is 14.8. The highest BCUT2D eigenvalue weighted by Gasteiger charge is 2.44. The van der Waals surface area contributed by atoms with Gasteiger partial charge in [0.05, 0.1) is 12.8 Å². The minimum atomic E-state index is -5.84. The molecule has 24 heavy (non-hydrogen) atoms. The lowest BCUT2D eigenvalue weighted by Crippen LogP contribution is -2.21. The SMILES string of the molecule is Cc1cc(CC2=NCCN2)cc2ccoc12.O=S(=O)(O)C(F)(F)F. The highest BCUT2D eigenvalue weighted by molar-refractivity contribution is 7.86. The van der Waals surface area contributed by atoms with Crippen LogP contribution in [0.5, 0.6) is 0 Å². The van der Waals surface area contributed by atoms with E-state index in [4.69, 9.17) is 17.4 Å². The molecule has 10 heteroatoms. The van der Waals surface area contributed by atoms with E-state index in [0.29, 0.717) is 0 Å². The first kappa shape index (κ1) is 18.3. The Balaban J connectivity index is 0.000000224. The lowest BCUT2D eigenvalue weighted by atomic mass is 10.1. The Bertz CT molecular complexity index is 857. The van der Waals surface area contributed by atoms with E-state index >= 15 is 0 Å². The molecule has 0 fully saturated rings. The van der Waals surface area contributed by atoms with Gasteiger partial charge < -0.3 is 9.73 Å². The van der Waals surface area contributed by atoms with Gasteiger partial charge in [0.25, 0.3) is 0 Å². The Hall–Kier alpha value is -2.07. The Morgan fingerprint density at radius 3 is 2.58 bits per heavy atom. The number of nitrogens with one attached hydrogen (secondary N) is 1. The van der Waals surface area contributed by atoms with Crippen LogP contribution in [-0.2, 0) is 16.5 Å². The molecule has 2 heterocycles. The van der Waals surface area contributed by atoms with Crippen molar-refractivity contribution in [3.05, 3.63) is 35.6 Å². The number of aryl methyl sites for hydroxylation is 1. The fourth-order valence-electron chi connectivity index (χ4n) is 2.20. The molecule has 3 rings (SSSR count). The molecule has 2 N–H and O–H groups in total. The van der Waals surface area contributed by atoms with Crippen LogP contribution in [0.2, 0.25) is 0 Å². The van der Waals surface area contributed by atoms with Gasteiger partial charge in [0.2, 0.25) is 0 Å². The second kappa shape index (κ2) is 6.81. The maximum absolute atomic E-state index is 10.7. The van der Waals surface area contributed by atoms with Gasteiger partial charge in [-0.05, 0) is 30.2 Å². The van der Waals surface area contributed by atoms with E-state index in [1.54, 1.807) is 6.26 Å². The number of hydrogen-bond acceptors (Lipinski definition) is 5. The van der Waals surface area contributed by atoms with Crippen LogP contribution in [0.3, 0.4) is 0 Å². The van der Waals surface area contributed by atoms with E-state index in [-0.39, 0.29) is 0 Å². The van der Waals surface area contributed by atoms with Crippen molar-refractivity contribution in [2.75, 3.05) is 13.1 Å². The second-order valence-corrected chi connectivity index (χ2v) is 6.52. The minimum Gasteiger partial charge on any atom is -0.464 e. The number of nitrogens with zero attached hydrogens (tertiary/aromatic N) is 1. The van der Waals surface area contributed by atoms with Crippen molar-refractivity contribution in [3.63, 3.8) is 0 Å². The van der Waals surface area contributed by atoms with Crippen molar-refractivity contribution >= 4 is 26.9 Å². The van der Waals surface area contributed by atoms with Crippen molar-refractivity contribution in [1.82, 2.24) is 5.32 Å². The molecule has 1 aromatic carbocycles. The van der Waals surface area contributed by atoms with E-state index in [9.17, 15) is 13.2 Å². The van der Waals surface area contributed by atoms with Crippen LogP contribution >= 0.6 is 0 Å². The van der Waals surface area contributed by atoms with Crippen molar-refractivity contribution in [1.29, 1.82) is 0 Å². The lowest BCUT2D eigenvalue weighted by molar-refractivity contribution is -0.0510. The topological polar surface area (TPSA) is 91.9 Å². The van der Waals surface area contributed by atoms with Crippen molar-refractivity contribution in [2.45, 2.75) is 18.9 Å². The van der Waals surface area contributed by atoms with Crippen LogP contribution in [0.4, 0.5) is 13.2 Å². The zero-order valence-electron chi connectivity index (χ0n) is 12.6. The zero-order chi connectivity index (χ0) is 18.0. The number of halogens is 3. The monoisotopic (exact) mass is 364 g/mol. The maximum atomic E-state index is 10.7. The fourth-order valence-corrected chi connectivity index (χ4v) is 2.20. The highest BCUT2D eigenvalue weighted by atomic mass is 32.2. The van der Waals surface area contributed by atoms with Crippen LogP contribution in [0, 0.1) is 6.92 Å². The molecule has 132 valence electrons. The number of alkyl halides is 3. The fraction of sp³-hybridized carbons (Fsp3) is 0.357. The van der Waals surface area contributed by atoms with Gasteiger partial charge in [-0.2, -0.15) is 21.6 Å². The van der Waals surface area contributed by atoms with E-state index in [1.165, 1.54) is 16.5 Å². The second-order valence-electron chi connectivity index (χ2n) is 5.10. The molecule has 1 aliphatic rings. The molecule has 0 atom stereocenters. The molecular weight excluding hydrogens is 349 g/mol. The summed E-state index contributed by atoms with van der Waals surface area (Å²) in [4.78, 5) is 4.41. The summed E-state index contributed by atoms with van der Waals surface area (Å²) in [5, 5.41) is 4.47. The Morgan fingerprint density at radius 2 is 2.04 bits per heavy atom. The van der Waals surface area contributed by atoms with Crippen molar-refractivity contribution < 1.29 is 30.6 Å². The number of amidine groups is 1. The van der Waals surface area contributed by atoms with Crippen LogP contribution in [0.15, 0.2) is 33.9 Å². The Kier molecular flexibility index (Phi) is 5.19. The third-order valence-corrected chi connectivity index (χ3v) is 3.79. The van der Waals surface area contributed by atoms with Gasteiger partial charge >= 0.3 is 15.6 Å². The molecule has 0 amide bonds. The van der Waals surface area contributed by atoms with Crippen molar-refractivity contribution in [2.24, 2.45) is 4.99 Å². The molecule has 1 aromatic heterocycles. The maximum Gasteiger partial charge on any atom is 0.522 e. The zero-order valence-corrected chi connectivity index (χ0v) is 13.4. The smallest absolute Gasteiger partial charge is 0.464 e. The summed E-state index contributed by atoms with van der Waals surface area (Å²) in [5.74, 6) is 1.10. The lowest BCUT2D eigenvalue weighted by Gasteiger charge is -2.04. The van der Waals surface area contributed by atoms with Crippen LogP contribution in [-0.4, -0.2) is 37.4 Å². The largest absolute Gasteiger partial charge is 0.522 e. The van der Waals surface area contributed by atoms with Gasteiger partial charge in [0, 0.05) is 18.4 Å². The Labute approximate surface area is 136 Å². The van der Waals surface area contributed by atoms with E-state index in [1.807, 2.05) is 6.07 Å². The quantitative estimate of drug-likeness (QED) is 0.631. The van der Waals surface area contributed by atoms with Gasteiger partial charge in [0.1, 0.15) is 11.4 Å². The predicted octanol–water partition coefficient (Wildman–Crippen LogP) is 2.68. The molecule has 0 saturated carbocycles. The molecule has 1 aliphatic heterocycles. The van der Waals surface area contributed by atoms with Crippen LogP contribution < -0.4 is 5.32 Å². The van der Waals surface area contributed by atoms with Gasteiger partial charge in [-0.25, -0.2) is 0 Å². The predicted molar refractivity (Wildman–Crippen MR) is 82.6 cm³/mol. The third-order valence-electron chi connectivity index (χ3n) is 3.20. The molecule has 0 unspecified atom stereocenters. The number of rotatable bonds is 2. The average molecular weight is 364 g/mol. The summed E-state index contributed by atoms with van der Waals surface area (Å²) in [5.41, 5.74) is -2.06. The summed E-state index contributed by atoms with van der Waals surface area (Å²) in [7, 11) is -5.84. The molecule has 2 aromatic rings. The van der Waals surface area contributed by atoms with E-state index < -0.39 is 15.6 Å². The van der Waals surface area contributed by atoms with Gasteiger partial charge in [-0.1, -0.05) is 6.07 Å². The van der Waals surface area contributed by atoms with Crippen molar-refractivity contribution in [3.8, 4) is 0 Å². The van der Waals surface area contributed by atoms with Gasteiger partial charge in [-0.15, -0.1) is 0 Å². The standard InChI is InChI=1S/C13H14N2O.CHF3O3S/c1-9-6-10(8-12-14-3-4-15-12)7-11-2-5-16-13(9)11;2-1(3,4)8(5,6)7/h2,5-7H,3-4,8H2,1H3,(H,14,15);(H,5,6,7). The summed E-state index contributed by atoms with van der Waals surface area (Å²) >= 11 is 0. The van der Waals surface area contributed by atoms with Crippen LogP contribution in [0.1, 0.15) is 11.1 Å². The number of fused-ring (bicyclic) bond motifs is 1. The molecule has 6 nitrogen and oxygen atoms in total. The first-order chi connectivity index (χ1) is 11.1. The minimum absolute atomic E-state index is 0.891. The summed E-state index contributed by atoms with van der Waals surface area (Å²) < 4.78 is 63.0. The molecule has 0 aliphatic carbocycles. The number of aliphatic imine (C=N–C) groups is 1. The van der Waals surface area contributed by atoms with Gasteiger partial charge in [0.15, 0.2) is 0 Å². The van der Waals surface area contributed by atoms with Gasteiger partial charge in [-0.3, -0.25) is 9.55 Å². The molecule has 0 radical (unpaired) electrons. The molecule has 0 bridgehead atoms. The molecule has 0 spiro atoms. The summed E-state index contributed by atoms with van der Waals surface area (Å²) in [6.45, 7) is 3.96. The van der Waals surface area contributed by atoms with E-state index in [0.717, 1.165) is 30.9 Å². The molecule has 0 saturated heterocycles. The van der Waals surface area contributed by atoms with Crippen LogP contribution in [0.25, 0.3) is 11.0 Å². The molecular formula is C14H15F3N2O4S.